The van der Waals surface area contributed by atoms with Crippen LogP contribution in [0, 0.1) is 5.92 Å². The molecule has 0 radical (unpaired) electrons. The molecule has 1 aromatic heterocycles. The topological polar surface area (TPSA) is 70.6 Å². The zero-order valence-electron chi connectivity index (χ0n) is 11.9. The van der Waals surface area contributed by atoms with E-state index < -0.39 is 0 Å². The van der Waals surface area contributed by atoms with Gasteiger partial charge in [-0.1, -0.05) is 13.8 Å². The first kappa shape index (κ1) is 15.3. The molecule has 3 N–H and O–H groups in total. The van der Waals surface area contributed by atoms with Crippen molar-refractivity contribution in [2.75, 3.05) is 19.8 Å². The van der Waals surface area contributed by atoms with Crippen LogP contribution in [0.4, 0.5) is 4.79 Å². The van der Waals surface area contributed by atoms with Crippen molar-refractivity contribution in [1.82, 2.24) is 10.6 Å². The second-order valence-corrected chi connectivity index (χ2v) is 6.30. The number of rotatable bonds is 5. The molecule has 0 saturated heterocycles. The van der Waals surface area contributed by atoms with Crippen LogP contribution in [-0.4, -0.2) is 36.9 Å². The fraction of sp³-hybridized carbons (Fsp3) is 0.643. The number of urea groups is 1. The number of hydrogen-bond acceptors (Lipinski definition) is 4. The molecule has 0 aliphatic carbocycles. The fourth-order valence-electron chi connectivity index (χ4n) is 2.22. The molecular weight excluding hydrogens is 276 g/mol. The van der Waals surface area contributed by atoms with Gasteiger partial charge in [-0.15, -0.1) is 11.3 Å². The van der Waals surface area contributed by atoms with Crippen molar-refractivity contribution in [2.45, 2.75) is 32.4 Å². The molecule has 6 heteroatoms. The molecule has 2 rings (SSSR count). The summed E-state index contributed by atoms with van der Waals surface area (Å²) < 4.78 is 5.71. The summed E-state index contributed by atoms with van der Waals surface area (Å²) >= 11 is 1.74. The number of carbonyl (C=O) groups is 1. The van der Waals surface area contributed by atoms with Gasteiger partial charge in [-0.2, -0.15) is 0 Å². The maximum absolute atomic E-state index is 11.8. The van der Waals surface area contributed by atoms with Crippen LogP contribution in [0.5, 0.6) is 0 Å². The number of aliphatic hydroxyl groups excluding tert-OH is 1. The number of fused-ring (bicyclic) bond motifs is 1. The van der Waals surface area contributed by atoms with Crippen molar-refractivity contribution in [1.29, 1.82) is 0 Å². The third-order valence-corrected chi connectivity index (χ3v) is 4.54. The number of aliphatic hydroxyl groups is 1. The lowest BCUT2D eigenvalue weighted by Gasteiger charge is -2.25. The number of carbonyl (C=O) groups excluding carboxylic acids is 1. The SMILES string of the molecule is CC(C)[C@@H](CO)NC(=O)NCC1OCCc2sccc21. The number of thiophene rings is 1. The summed E-state index contributed by atoms with van der Waals surface area (Å²) in [5.74, 6) is 0.195. The Morgan fingerprint density at radius 1 is 1.60 bits per heavy atom. The Hall–Kier alpha value is -1.11. The zero-order chi connectivity index (χ0) is 14.5. The molecule has 1 unspecified atom stereocenters. The van der Waals surface area contributed by atoms with E-state index in [1.165, 1.54) is 10.4 Å². The summed E-state index contributed by atoms with van der Waals surface area (Å²) in [6, 6.07) is 1.58. The van der Waals surface area contributed by atoms with Crippen molar-refractivity contribution in [2.24, 2.45) is 5.92 Å². The molecule has 0 fully saturated rings. The first-order valence-corrected chi connectivity index (χ1v) is 7.83. The average Bonchev–Trinajstić information content (AvgIpc) is 2.91. The van der Waals surface area contributed by atoms with Crippen LogP contribution in [0.1, 0.15) is 30.4 Å². The third-order valence-electron chi connectivity index (χ3n) is 3.54. The van der Waals surface area contributed by atoms with Gasteiger partial charge in [-0.3, -0.25) is 0 Å². The van der Waals surface area contributed by atoms with Crippen LogP contribution in [0.2, 0.25) is 0 Å². The third kappa shape index (κ3) is 3.71. The van der Waals surface area contributed by atoms with Gasteiger partial charge in [0.2, 0.25) is 0 Å². The van der Waals surface area contributed by atoms with E-state index in [1.54, 1.807) is 11.3 Å². The zero-order valence-corrected chi connectivity index (χ0v) is 12.7. The summed E-state index contributed by atoms with van der Waals surface area (Å²) in [4.78, 5) is 13.2. The molecule has 0 saturated carbocycles. The lowest BCUT2D eigenvalue weighted by molar-refractivity contribution is 0.0452. The molecule has 2 amide bonds. The molecule has 0 bridgehead atoms. The number of hydrogen-bond donors (Lipinski definition) is 3. The minimum absolute atomic E-state index is 0.0559. The predicted octanol–water partition coefficient (Wildman–Crippen LogP) is 1.68. The highest BCUT2D eigenvalue weighted by atomic mass is 32.1. The van der Waals surface area contributed by atoms with E-state index in [9.17, 15) is 9.90 Å². The van der Waals surface area contributed by atoms with Crippen molar-refractivity contribution in [3.63, 3.8) is 0 Å². The van der Waals surface area contributed by atoms with Crippen LogP contribution < -0.4 is 10.6 Å². The van der Waals surface area contributed by atoms with E-state index in [4.69, 9.17) is 4.74 Å². The standard InChI is InChI=1S/C14H22N2O3S/c1-9(2)11(8-17)16-14(18)15-7-12-10-4-6-20-13(10)3-5-19-12/h4,6,9,11-12,17H,3,5,7-8H2,1-2H3,(H2,15,16,18)/t11-,12?/m1/s1. The highest BCUT2D eigenvalue weighted by Gasteiger charge is 2.23. The second-order valence-electron chi connectivity index (χ2n) is 5.30. The van der Waals surface area contributed by atoms with Gasteiger partial charge in [-0.25, -0.2) is 4.79 Å². The first-order chi connectivity index (χ1) is 9.61. The molecule has 0 aromatic carbocycles. The summed E-state index contributed by atoms with van der Waals surface area (Å²) in [5, 5.41) is 16.9. The van der Waals surface area contributed by atoms with E-state index in [1.807, 2.05) is 13.8 Å². The average molecular weight is 298 g/mol. The Bertz CT molecular complexity index is 447. The molecule has 2 atom stereocenters. The van der Waals surface area contributed by atoms with Gasteiger partial charge in [-0.05, 0) is 22.9 Å². The minimum atomic E-state index is -0.260. The molecule has 2 heterocycles. The lowest BCUT2D eigenvalue weighted by atomic mass is 10.1. The van der Waals surface area contributed by atoms with Crippen molar-refractivity contribution in [3.05, 3.63) is 21.9 Å². The summed E-state index contributed by atoms with van der Waals surface area (Å²) in [5.41, 5.74) is 1.18. The second kappa shape index (κ2) is 7.06. The van der Waals surface area contributed by atoms with Crippen molar-refractivity contribution >= 4 is 17.4 Å². The molecule has 5 nitrogen and oxygen atoms in total. The quantitative estimate of drug-likeness (QED) is 0.774. The predicted molar refractivity (Wildman–Crippen MR) is 79.0 cm³/mol. The number of nitrogens with one attached hydrogen (secondary N) is 2. The molecule has 1 aliphatic rings. The first-order valence-electron chi connectivity index (χ1n) is 6.95. The van der Waals surface area contributed by atoms with E-state index >= 15 is 0 Å². The van der Waals surface area contributed by atoms with Gasteiger partial charge in [0.1, 0.15) is 6.10 Å². The van der Waals surface area contributed by atoms with Gasteiger partial charge in [0.25, 0.3) is 0 Å². The normalized spacial score (nSPS) is 19.5. The van der Waals surface area contributed by atoms with Crippen LogP contribution >= 0.6 is 11.3 Å². The van der Waals surface area contributed by atoms with E-state index in [-0.39, 0.29) is 30.7 Å². The maximum Gasteiger partial charge on any atom is 0.315 e. The molecular formula is C14H22N2O3S. The van der Waals surface area contributed by atoms with Crippen LogP contribution in [0.25, 0.3) is 0 Å². The maximum atomic E-state index is 11.8. The van der Waals surface area contributed by atoms with Crippen molar-refractivity contribution < 1.29 is 14.6 Å². The van der Waals surface area contributed by atoms with Gasteiger partial charge < -0.3 is 20.5 Å². The highest BCUT2D eigenvalue weighted by molar-refractivity contribution is 7.10. The fourth-order valence-corrected chi connectivity index (χ4v) is 3.14. The Balaban J connectivity index is 1.83. The lowest BCUT2D eigenvalue weighted by Crippen LogP contribution is -2.47. The molecule has 20 heavy (non-hydrogen) atoms. The van der Waals surface area contributed by atoms with Gasteiger partial charge in [0.05, 0.1) is 19.3 Å². The summed E-state index contributed by atoms with van der Waals surface area (Å²) in [7, 11) is 0. The molecule has 0 spiro atoms. The van der Waals surface area contributed by atoms with E-state index in [0.29, 0.717) is 13.2 Å². The van der Waals surface area contributed by atoms with Gasteiger partial charge in [0.15, 0.2) is 0 Å². The Morgan fingerprint density at radius 3 is 3.10 bits per heavy atom. The van der Waals surface area contributed by atoms with E-state index in [0.717, 1.165) is 6.42 Å². The number of amides is 2. The van der Waals surface area contributed by atoms with Gasteiger partial charge >= 0.3 is 6.03 Å². The number of ether oxygens (including phenoxy) is 1. The smallest absolute Gasteiger partial charge is 0.315 e. The Morgan fingerprint density at radius 2 is 2.40 bits per heavy atom. The summed E-state index contributed by atoms with van der Waals surface area (Å²) in [6.45, 7) is 5.02. The van der Waals surface area contributed by atoms with Crippen LogP contribution in [-0.2, 0) is 11.2 Å². The van der Waals surface area contributed by atoms with Gasteiger partial charge in [0, 0.05) is 17.8 Å². The Kier molecular flexibility index (Phi) is 5.39. The minimum Gasteiger partial charge on any atom is -0.394 e. The van der Waals surface area contributed by atoms with Crippen molar-refractivity contribution in [3.8, 4) is 0 Å². The largest absolute Gasteiger partial charge is 0.394 e. The monoisotopic (exact) mass is 298 g/mol. The van der Waals surface area contributed by atoms with Crippen LogP contribution in [0.3, 0.4) is 0 Å². The Labute approximate surface area is 123 Å². The highest BCUT2D eigenvalue weighted by Crippen LogP contribution is 2.30. The van der Waals surface area contributed by atoms with Crippen LogP contribution in [0.15, 0.2) is 11.4 Å². The molecule has 112 valence electrons. The molecule has 1 aromatic rings. The van der Waals surface area contributed by atoms with E-state index in [2.05, 4.69) is 22.1 Å². The molecule has 1 aliphatic heterocycles. The summed E-state index contributed by atoms with van der Waals surface area (Å²) in [6.07, 6.45) is 0.887.